The lowest BCUT2D eigenvalue weighted by Gasteiger charge is -2.39. The third-order valence-corrected chi connectivity index (χ3v) is 5.16. The van der Waals surface area contributed by atoms with Gasteiger partial charge in [0, 0.05) is 13.1 Å². The van der Waals surface area contributed by atoms with Crippen LogP contribution < -0.4 is 4.74 Å². The van der Waals surface area contributed by atoms with Crippen molar-refractivity contribution in [2.75, 3.05) is 13.7 Å². The summed E-state index contributed by atoms with van der Waals surface area (Å²) in [6, 6.07) is 13.3. The van der Waals surface area contributed by atoms with Gasteiger partial charge in [-0.2, -0.15) is 0 Å². The zero-order valence-electron chi connectivity index (χ0n) is 17.8. The van der Waals surface area contributed by atoms with Crippen molar-refractivity contribution < 1.29 is 24.2 Å². The van der Waals surface area contributed by atoms with Gasteiger partial charge in [-0.25, -0.2) is 0 Å². The van der Waals surface area contributed by atoms with E-state index in [-0.39, 0.29) is 24.8 Å². The fourth-order valence-electron chi connectivity index (χ4n) is 3.41. The van der Waals surface area contributed by atoms with Gasteiger partial charge in [0.25, 0.3) is 6.47 Å². The van der Waals surface area contributed by atoms with Crippen LogP contribution in [0.1, 0.15) is 29.2 Å². The second kappa shape index (κ2) is 10.4. The van der Waals surface area contributed by atoms with E-state index in [1.807, 2.05) is 45.0 Å². The standard InChI is InChI=1S/C22H26N2O3.CH2O2/c1-15-5-6-16(2)19(11-15)13-24-17(3)22(26)23(14-21(24)25)12-18-7-9-20(27-4)10-8-18;2-1-3/h5-11,17H,12-14H2,1-4H3;1H,(H,2,3)/t17-;/m0./s1. The van der Waals surface area contributed by atoms with E-state index in [0.29, 0.717) is 13.1 Å². The molecule has 7 nitrogen and oxygen atoms in total. The molecule has 30 heavy (non-hydrogen) atoms. The van der Waals surface area contributed by atoms with Crippen LogP contribution in [-0.2, 0) is 27.5 Å². The highest BCUT2D eigenvalue weighted by atomic mass is 16.5. The first kappa shape index (κ1) is 22.9. The zero-order chi connectivity index (χ0) is 22.3. The molecule has 1 atom stereocenters. The van der Waals surface area contributed by atoms with Gasteiger partial charge in [0.2, 0.25) is 11.8 Å². The minimum atomic E-state index is -0.468. The monoisotopic (exact) mass is 412 g/mol. The fraction of sp³-hybridized carbons (Fsp3) is 0.348. The van der Waals surface area contributed by atoms with Gasteiger partial charge in [-0.3, -0.25) is 14.4 Å². The molecule has 3 rings (SSSR count). The van der Waals surface area contributed by atoms with Crippen molar-refractivity contribution in [3.05, 3.63) is 64.7 Å². The van der Waals surface area contributed by atoms with E-state index < -0.39 is 6.04 Å². The van der Waals surface area contributed by atoms with E-state index in [1.54, 1.807) is 16.9 Å². The molecule has 1 fully saturated rings. The van der Waals surface area contributed by atoms with Crippen LogP contribution in [0.25, 0.3) is 0 Å². The lowest BCUT2D eigenvalue weighted by atomic mass is 10.0. The maximum absolute atomic E-state index is 12.9. The van der Waals surface area contributed by atoms with Gasteiger partial charge >= 0.3 is 0 Å². The Kier molecular flexibility index (Phi) is 7.98. The molecular weight excluding hydrogens is 384 g/mol. The fourth-order valence-corrected chi connectivity index (χ4v) is 3.41. The summed E-state index contributed by atoms with van der Waals surface area (Å²) >= 11 is 0. The highest BCUT2D eigenvalue weighted by Crippen LogP contribution is 2.21. The van der Waals surface area contributed by atoms with Crippen LogP contribution in [0.4, 0.5) is 0 Å². The van der Waals surface area contributed by atoms with E-state index >= 15 is 0 Å². The molecule has 0 unspecified atom stereocenters. The highest BCUT2D eigenvalue weighted by Gasteiger charge is 2.36. The molecule has 2 amide bonds. The predicted octanol–water partition coefficient (Wildman–Crippen LogP) is 2.77. The number of nitrogens with zero attached hydrogens (tertiary/aromatic N) is 2. The van der Waals surface area contributed by atoms with Crippen molar-refractivity contribution in [1.82, 2.24) is 9.80 Å². The highest BCUT2D eigenvalue weighted by molar-refractivity contribution is 5.94. The smallest absolute Gasteiger partial charge is 0.290 e. The molecule has 0 bridgehead atoms. The molecule has 1 heterocycles. The summed E-state index contributed by atoms with van der Waals surface area (Å²) in [6.07, 6.45) is 0. The van der Waals surface area contributed by atoms with E-state index in [9.17, 15) is 9.59 Å². The molecule has 1 N–H and O–H groups in total. The maximum atomic E-state index is 12.9. The van der Waals surface area contributed by atoms with Crippen molar-refractivity contribution >= 4 is 18.3 Å². The first-order valence-electron chi connectivity index (χ1n) is 9.65. The molecule has 0 aromatic heterocycles. The number of hydrogen-bond donors (Lipinski definition) is 1. The normalized spacial score (nSPS) is 16.1. The van der Waals surface area contributed by atoms with E-state index in [2.05, 4.69) is 18.2 Å². The second-order valence-corrected chi connectivity index (χ2v) is 7.28. The van der Waals surface area contributed by atoms with Crippen molar-refractivity contribution in [2.45, 2.75) is 39.9 Å². The number of benzene rings is 2. The van der Waals surface area contributed by atoms with Gasteiger partial charge in [0.1, 0.15) is 18.3 Å². The summed E-state index contributed by atoms with van der Waals surface area (Å²) in [5.41, 5.74) is 4.35. The summed E-state index contributed by atoms with van der Waals surface area (Å²) in [5.74, 6) is 0.736. The van der Waals surface area contributed by atoms with Gasteiger partial charge in [-0.1, -0.05) is 35.9 Å². The Morgan fingerprint density at radius 2 is 1.73 bits per heavy atom. The number of carboxylic acid groups (broad SMARTS) is 1. The van der Waals surface area contributed by atoms with Gasteiger partial charge in [-0.05, 0) is 49.6 Å². The van der Waals surface area contributed by atoms with Crippen LogP contribution >= 0.6 is 0 Å². The summed E-state index contributed by atoms with van der Waals surface area (Å²) in [6.45, 7) is 6.63. The first-order chi connectivity index (χ1) is 14.3. The second-order valence-electron chi connectivity index (χ2n) is 7.28. The number of rotatable bonds is 5. The topological polar surface area (TPSA) is 87.2 Å². The summed E-state index contributed by atoms with van der Waals surface area (Å²) in [4.78, 5) is 37.3. The quantitative estimate of drug-likeness (QED) is 0.763. The summed E-state index contributed by atoms with van der Waals surface area (Å²) < 4.78 is 5.16. The third-order valence-electron chi connectivity index (χ3n) is 5.16. The van der Waals surface area contributed by atoms with Crippen molar-refractivity contribution in [3.63, 3.8) is 0 Å². The molecular formula is C23H28N2O5. The number of ether oxygens (including phenoxy) is 1. The van der Waals surface area contributed by atoms with Gasteiger partial charge in [-0.15, -0.1) is 0 Å². The van der Waals surface area contributed by atoms with Crippen molar-refractivity contribution in [1.29, 1.82) is 0 Å². The average Bonchev–Trinajstić information content (AvgIpc) is 2.73. The third kappa shape index (κ3) is 5.59. The molecule has 2 aromatic rings. The molecule has 0 spiro atoms. The predicted molar refractivity (Wildman–Crippen MR) is 113 cm³/mol. The number of piperazine rings is 1. The molecule has 1 aliphatic rings. The van der Waals surface area contributed by atoms with Crippen LogP contribution in [0, 0.1) is 13.8 Å². The van der Waals surface area contributed by atoms with Crippen LogP contribution in [0.15, 0.2) is 42.5 Å². The van der Waals surface area contributed by atoms with Crippen molar-refractivity contribution in [2.24, 2.45) is 0 Å². The average molecular weight is 412 g/mol. The summed E-state index contributed by atoms with van der Waals surface area (Å²) in [7, 11) is 1.62. The van der Waals surface area contributed by atoms with Crippen LogP contribution in [0.2, 0.25) is 0 Å². The van der Waals surface area contributed by atoms with Crippen LogP contribution in [0.3, 0.4) is 0 Å². The van der Waals surface area contributed by atoms with E-state index in [1.165, 1.54) is 0 Å². The molecule has 0 aliphatic carbocycles. The largest absolute Gasteiger partial charge is 0.497 e. The number of hydrogen-bond acceptors (Lipinski definition) is 4. The van der Waals surface area contributed by atoms with Crippen molar-refractivity contribution in [3.8, 4) is 5.75 Å². The van der Waals surface area contributed by atoms with Gasteiger partial charge in [0.05, 0.1) is 7.11 Å². The molecule has 160 valence electrons. The number of amides is 2. The SMILES string of the molecule is COc1ccc(CN2CC(=O)N(Cc3cc(C)ccc3C)[C@@H](C)C2=O)cc1.O=CO. The minimum Gasteiger partial charge on any atom is -0.497 e. The number of carbonyl (C=O) groups excluding carboxylic acids is 2. The molecule has 0 radical (unpaired) electrons. The Balaban J connectivity index is 0.00000101. The first-order valence-corrected chi connectivity index (χ1v) is 9.65. The number of methoxy groups -OCH3 is 1. The minimum absolute atomic E-state index is 0.0171. The molecule has 7 heteroatoms. The zero-order valence-corrected chi connectivity index (χ0v) is 17.8. The van der Waals surface area contributed by atoms with Gasteiger partial charge in [0.15, 0.2) is 0 Å². The van der Waals surface area contributed by atoms with Crippen LogP contribution in [0.5, 0.6) is 5.75 Å². The lowest BCUT2D eigenvalue weighted by Crippen LogP contribution is -2.58. The lowest BCUT2D eigenvalue weighted by molar-refractivity contribution is -0.156. The molecule has 0 saturated carbocycles. The molecule has 1 aliphatic heterocycles. The number of aryl methyl sites for hydroxylation is 2. The van der Waals surface area contributed by atoms with E-state index in [4.69, 9.17) is 14.6 Å². The van der Waals surface area contributed by atoms with Gasteiger partial charge < -0.3 is 19.6 Å². The van der Waals surface area contributed by atoms with E-state index in [0.717, 1.165) is 28.0 Å². The molecule has 1 saturated heterocycles. The van der Waals surface area contributed by atoms with Crippen LogP contribution in [-0.4, -0.2) is 52.9 Å². The summed E-state index contributed by atoms with van der Waals surface area (Å²) in [5, 5.41) is 6.89. The Morgan fingerprint density at radius 1 is 1.10 bits per heavy atom. The Bertz CT molecular complexity index is 895. The Labute approximate surface area is 176 Å². The Morgan fingerprint density at radius 3 is 2.33 bits per heavy atom. The Hall–Kier alpha value is -3.35. The maximum Gasteiger partial charge on any atom is 0.290 e. The number of carbonyl (C=O) groups is 3. The molecule has 2 aromatic carbocycles.